The maximum absolute atomic E-state index is 13.2. The first kappa shape index (κ1) is 21.7. The number of anilines is 1. The zero-order valence-electron chi connectivity index (χ0n) is 17.6. The Kier molecular flexibility index (Phi) is 6.44. The van der Waals surface area contributed by atoms with Crippen molar-refractivity contribution >= 4 is 51.6 Å². The van der Waals surface area contributed by atoms with E-state index in [0.29, 0.717) is 17.9 Å². The number of carbonyl (C=O) groups is 1. The first-order valence-corrected chi connectivity index (χ1v) is 12.6. The number of hydrogen-bond acceptors (Lipinski definition) is 6. The summed E-state index contributed by atoms with van der Waals surface area (Å²) < 4.78 is 2.21. The minimum Gasteiger partial charge on any atom is -0.369 e. The lowest BCUT2D eigenvalue weighted by Gasteiger charge is -2.24. The SMILES string of the molecule is O=C(c1ccsc1)n1nc(C2=CC=CN(Cc3ccccc3)C2)cc1NCc1ccc(Cl)s1. The minimum absolute atomic E-state index is 0.151. The van der Waals surface area contributed by atoms with Gasteiger partial charge in [0.1, 0.15) is 5.82 Å². The van der Waals surface area contributed by atoms with Gasteiger partial charge in [-0.3, -0.25) is 4.79 Å². The van der Waals surface area contributed by atoms with Gasteiger partial charge in [0.15, 0.2) is 0 Å². The molecule has 4 heterocycles. The Hall–Kier alpha value is -3.13. The summed E-state index contributed by atoms with van der Waals surface area (Å²) in [6.07, 6.45) is 6.18. The van der Waals surface area contributed by atoms with Crippen LogP contribution in [0.4, 0.5) is 5.82 Å². The summed E-state index contributed by atoms with van der Waals surface area (Å²) >= 11 is 9.08. The molecule has 33 heavy (non-hydrogen) atoms. The van der Waals surface area contributed by atoms with Crippen LogP contribution in [0.2, 0.25) is 4.34 Å². The average Bonchev–Trinajstić information content (AvgIpc) is 3.59. The van der Waals surface area contributed by atoms with Crippen molar-refractivity contribution in [3.63, 3.8) is 0 Å². The Morgan fingerprint density at radius 2 is 2.03 bits per heavy atom. The number of carbonyl (C=O) groups excluding carboxylic acids is 1. The lowest BCUT2D eigenvalue weighted by Crippen LogP contribution is -2.21. The van der Waals surface area contributed by atoms with E-state index in [0.717, 1.165) is 33.6 Å². The Bertz CT molecular complexity index is 1310. The first-order valence-electron chi connectivity index (χ1n) is 10.5. The molecule has 0 amide bonds. The van der Waals surface area contributed by atoms with Gasteiger partial charge in [-0.25, -0.2) is 0 Å². The topological polar surface area (TPSA) is 50.2 Å². The Balaban J connectivity index is 1.39. The molecule has 1 aromatic carbocycles. The van der Waals surface area contributed by atoms with E-state index >= 15 is 0 Å². The number of benzene rings is 1. The van der Waals surface area contributed by atoms with Gasteiger partial charge in [-0.2, -0.15) is 21.1 Å². The summed E-state index contributed by atoms with van der Waals surface area (Å²) in [7, 11) is 0. The van der Waals surface area contributed by atoms with E-state index in [1.807, 2.05) is 47.2 Å². The monoisotopic (exact) mass is 492 g/mol. The van der Waals surface area contributed by atoms with Crippen molar-refractivity contribution in [1.82, 2.24) is 14.7 Å². The molecule has 4 aromatic rings. The summed E-state index contributed by atoms with van der Waals surface area (Å²) in [5, 5.41) is 11.8. The van der Waals surface area contributed by atoms with Crippen LogP contribution < -0.4 is 5.32 Å². The van der Waals surface area contributed by atoms with Gasteiger partial charge < -0.3 is 10.2 Å². The van der Waals surface area contributed by atoms with Gasteiger partial charge in [-0.1, -0.05) is 48.0 Å². The molecule has 8 heteroatoms. The minimum atomic E-state index is -0.151. The molecule has 0 saturated heterocycles. The number of aromatic nitrogens is 2. The predicted molar refractivity (Wildman–Crippen MR) is 137 cm³/mol. The largest absolute Gasteiger partial charge is 0.369 e. The van der Waals surface area contributed by atoms with Crippen molar-refractivity contribution < 1.29 is 4.79 Å². The summed E-state index contributed by atoms with van der Waals surface area (Å²) in [6, 6.07) is 18.0. The van der Waals surface area contributed by atoms with Crippen LogP contribution in [0.1, 0.15) is 26.5 Å². The number of nitrogens with zero attached hydrogens (tertiary/aromatic N) is 3. The summed E-state index contributed by atoms with van der Waals surface area (Å²) in [5.41, 5.74) is 3.72. The highest BCUT2D eigenvalue weighted by atomic mass is 35.5. The molecule has 0 aliphatic carbocycles. The first-order chi connectivity index (χ1) is 16.2. The van der Waals surface area contributed by atoms with Crippen LogP contribution in [0.25, 0.3) is 5.57 Å². The molecule has 0 saturated carbocycles. The van der Waals surface area contributed by atoms with Gasteiger partial charge in [-0.05, 0) is 47.0 Å². The molecule has 0 bridgehead atoms. The molecular formula is C25H21ClN4OS2. The number of thiophene rings is 2. The van der Waals surface area contributed by atoms with E-state index in [1.54, 1.807) is 0 Å². The zero-order valence-corrected chi connectivity index (χ0v) is 20.0. The Labute approximate surface area is 205 Å². The maximum atomic E-state index is 13.2. The van der Waals surface area contributed by atoms with E-state index in [1.165, 1.54) is 32.9 Å². The lowest BCUT2D eigenvalue weighted by atomic mass is 10.1. The summed E-state index contributed by atoms with van der Waals surface area (Å²) in [4.78, 5) is 16.5. The van der Waals surface area contributed by atoms with Crippen molar-refractivity contribution in [2.45, 2.75) is 13.1 Å². The van der Waals surface area contributed by atoms with Crippen LogP contribution in [-0.2, 0) is 13.1 Å². The second kappa shape index (κ2) is 9.79. The van der Waals surface area contributed by atoms with E-state index in [9.17, 15) is 4.79 Å². The van der Waals surface area contributed by atoms with Gasteiger partial charge in [0.2, 0.25) is 0 Å². The van der Waals surface area contributed by atoms with Gasteiger partial charge in [0, 0.05) is 29.4 Å². The highest BCUT2D eigenvalue weighted by Gasteiger charge is 2.20. The smallest absolute Gasteiger partial charge is 0.280 e. The van der Waals surface area contributed by atoms with Crippen molar-refractivity contribution in [3.8, 4) is 0 Å². The van der Waals surface area contributed by atoms with Crippen LogP contribution in [0.5, 0.6) is 0 Å². The van der Waals surface area contributed by atoms with Gasteiger partial charge >= 0.3 is 0 Å². The van der Waals surface area contributed by atoms with E-state index in [2.05, 4.69) is 46.8 Å². The van der Waals surface area contributed by atoms with E-state index in [4.69, 9.17) is 16.7 Å². The molecule has 1 N–H and O–H groups in total. The maximum Gasteiger partial charge on any atom is 0.280 e. The van der Waals surface area contributed by atoms with Crippen LogP contribution in [0.3, 0.4) is 0 Å². The molecule has 0 spiro atoms. The van der Waals surface area contributed by atoms with Crippen LogP contribution in [0.15, 0.2) is 83.7 Å². The highest BCUT2D eigenvalue weighted by molar-refractivity contribution is 7.16. The number of hydrogen-bond donors (Lipinski definition) is 1. The third-order valence-electron chi connectivity index (χ3n) is 5.27. The van der Waals surface area contributed by atoms with Crippen LogP contribution >= 0.6 is 34.3 Å². The standard InChI is InChI=1S/C25H21ClN4OS2/c26-23-9-8-21(33-23)14-27-24-13-22(28-30(24)25(31)20-10-12-32-17-20)19-7-4-11-29(16-19)15-18-5-2-1-3-6-18/h1-13,17,27H,14-16H2. The second-order valence-corrected chi connectivity index (χ2v) is 10.2. The van der Waals surface area contributed by atoms with Crippen molar-refractivity contribution in [2.24, 2.45) is 0 Å². The van der Waals surface area contributed by atoms with E-state index < -0.39 is 0 Å². The fourth-order valence-electron chi connectivity index (χ4n) is 3.65. The number of halogens is 1. The van der Waals surface area contributed by atoms with Gasteiger partial charge in [0.25, 0.3) is 5.91 Å². The predicted octanol–water partition coefficient (Wildman–Crippen LogP) is 6.37. The molecule has 0 unspecified atom stereocenters. The molecule has 166 valence electrons. The normalized spacial score (nSPS) is 13.2. The zero-order chi connectivity index (χ0) is 22.6. The quantitative estimate of drug-likeness (QED) is 0.325. The molecule has 5 rings (SSSR count). The van der Waals surface area contributed by atoms with Crippen molar-refractivity contribution in [2.75, 3.05) is 11.9 Å². The Morgan fingerprint density at radius 1 is 1.15 bits per heavy atom. The fourth-order valence-corrected chi connectivity index (χ4v) is 5.31. The van der Waals surface area contributed by atoms with Crippen LogP contribution in [0, 0.1) is 0 Å². The third kappa shape index (κ3) is 5.11. The number of nitrogens with one attached hydrogen (secondary N) is 1. The number of allylic oxidation sites excluding steroid dienone is 2. The van der Waals surface area contributed by atoms with Gasteiger partial charge in [0.05, 0.1) is 22.1 Å². The molecule has 5 nitrogen and oxygen atoms in total. The second-order valence-electron chi connectivity index (χ2n) is 7.63. The van der Waals surface area contributed by atoms with Gasteiger partial charge in [-0.15, -0.1) is 11.3 Å². The molecule has 0 fully saturated rings. The Morgan fingerprint density at radius 3 is 2.79 bits per heavy atom. The summed E-state index contributed by atoms with van der Waals surface area (Å²) in [6.45, 7) is 2.10. The van der Waals surface area contributed by atoms with E-state index in [-0.39, 0.29) is 5.91 Å². The highest BCUT2D eigenvalue weighted by Crippen LogP contribution is 2.26. The third-order valence-corrected chi connectivity index (χ3v) is 7.18. The van der Waals surface area contributed by atoms with Crippen molar-refractivity contribution in [1.29, 1.82) is 0 Å². The van der Waals surface area contributed by atoms with Crippen molar-refractivity contribution in [3.05, 3.63) is 110 Å². The fraction of sp³-hybridized carbons (Fsp3) is 0.120. The lowest BCUT2D eigenvalue weighted by molar-refractivity contribution is 0.0948. The molecule has 0 atom stereocenters. The molecule has 1 aliphatic heterocycles. The van der Waals surface area contributed by atoms with Crippen LogP contribution in [-0.4, -0.2) is 27.1 Å². The molecular weight excluding hydrogens is 472 g/mol. The molecule has 3 aromatic heterocycles. The summed E-state index contributed by atoms with van der Waals surface area (Å²) in [5.74, 6) is 0.512. The molecule has 1 aliphatic rings. The average molecular weight is 493 g/mol. The molecule has 0 radical (unpaired) electrons. The number of rotatable bonds is 7.